The first-order valence-corrected chi connectivity index (χ1v) is 7.56. The van der Waals surface area contributed by atoms with Crippen LogP contribution in [0.15, 0.2) is 52.9 Å². The van der Waals surface area contributed by atoms with Gasteiger partial charge in [-0.25, -0.2) is 0 Å². The molecule has 0 fully saturated rings. The Morgan fingerprint density at radius 3 is 2.13 bits per heavy atom. The Morgan fingerprint density at radius 1 is 0.870 bits per heavy atom. The van der Waals surface area contributed by atoms with Crippen LogP contribution >= 0.6 is 0 Å². The molecule has 0 spiro atoms. The number of benzene rings is 2. The Kier molecular flexibility index (Phi) is 3.90. The van der Waals surface area contributed by atoms with Crippen molar-refractivity contribution < 1.29 is 9.15 Å². The van der Waals surface area contributed by atoms with E-state index in [0.717, 1.165) is 16.9 Å². The molecule has 0 aliphatic heterocycles. The number of hydrogen-bond donors (Lipinski definition) is 0. The average Bonchev–Trinajstić information content (AvgIpc) is 3.04. The number of methoxy groups -OCH3 is 1. The fourth-order valence-corrected chi connectivity index (χ4v) is 2.33. The van der Waals surface area contributed by atoms with Gasteiger partial charge < -0.3 is 9.15 Å². The fourth-order valence-electron chi connectivity index (χ4n) is 2.33. The molecule has 0 bridgehead atoms. The van der Waals surface area contributed by atoms with Crippen LogP contribution < -0.4 is 4.74 Å². The Bertz CT molecular complexity index is 799. The van der Waals surface area contributed by atoms with Crippen LogP contribution in [-0.2, 0) is 5.41 Å². The zero-order valence-electron chi connectivity index (χ0n) is 13.8. The highest BCUT2D eigenvalue weighted by Crippen LogP contribution is 2.28. The molecule has 4 heteroatoms. The van der Waals surface area contributed by atoms with E-state index >= 15 is 0 Å². The second kappa shape index (κ2) is 5.88. The third-order valence-corrected chi connectivity index (χ3v) is 3.74. The highest BCUT2D eigenvalue weighted by Gasteiger charge is 2.15. The molecule has 0 aliphatic rings. The monoisotopic (exact) mass is 308 g/mol. The van der Waals surface area contributed by atoms with E-state index in [2.05, 4.69) is 43.1 Å². The second-order valence-electron chi connectivity index (χ2n) is 6.47. The van der Waals surface area contributed by atoms with Gasteiger partial charge in [0.15, 0.2) is 0 Å². The molecule has 4 nitrogen and oxygen atoms in total. The van der Waals surface area contributed by atoms with Crippen LogP contribution in [0.1, 0.15) is 26.3 Å². The molecule has 0 saturated heterocycles. The summed E-state index contributed by atoms with van der Waals surface area (Å²) < 4.78 is 11.0. The number of rotatable bonds is 3. The van der Waals surface area contributed by atoms with Crippen molar-refractivity contribution in [3.8, 4) is 28.7 Å². The summed E-state index contributed by atoms with van der Waals surface area (Å²) in [7, 11) is 1.63. The minimum absolute atomic E-state index is 0.124. The number of hydrogen-bond acceptors (Lipinski definition) is 4. The van der Waals surface area contributed by atoms with Gasteiger partial charge in [0.05, 0.1) is 7.11 Å². The lowest BCUT2D eigenvalue weighted by atomic mass is 9.87. The zero-order valence-corrected chi connectivity index (χ0v) is 13.8. The molecule has 1 aromatic heterocycles. The molecule has 23 heavy (non-hydrogen) atoms. The SMILES string of the molecule is COc1cccc(-c2nnc(-c3ccc(C(C)(C)C)cc3)o2)c1. The van der Waals surface area contributed by atoms with E-state index in [-0.39, 0.29) is 5.41 Å². The van der Waals surface area contributed by atoms with Crippen molar-refractivity contribution in [2.75, 3.05) is 7.11 Å². The van der Waals surface area contributed by atoms with Gasteiger partial charge in [-0.1, -0.05) is 39.0 Å². The molecule has 0 amide bonds. The van der Waals surface area contributed by atoms with Crippen molar-refractivity contribution in [3.05, 3.63) is 54.1 Å². The maximum atomic E-state index is 5.80. The molecular formula is C19H20N2O2. The zero-order chi connectivity index (χ0) is 16.4. The summed E-state index contributed by atoms with van der Waals surface area (Å²) >= 11 is 0. The third kappa shape index (κ3) is 3.26. The van der Waals surface area contributed by atoms with Crippen molar-refractivity contribution in [2.45, 2.75) is 26.2 Å². The molecule has 0 N–H and O–H groups in total. The largest absolute Gasteiger partial charge is 0.497 e. The summed E-state index contributed by atoms with van der Waals surface area (Å²) in [5, 5.41) is 8.29. The average molecular weight is 308 g/mol. The van der Waals surface area contributed by atoms with Crippen molar-refractivity contribution in [1.29, 1.82) is 0 Å². The van der Waals surface area contributed by atoms with E-state index in [1.165, 1.54) is 5.56 Å². The number of nitrogens with zero attached hydrogens (tertiary/aromatic N) is 2. The maximum Gasteiger partial charge on any atom is 0.248 e. The Hall–Kier alpha value is -2.62. The van der Waals surface area contributed by atoms with Gasteiger partial charge in [0.25, 0.3) is 0 Å². The standard InChI is InChI=1S/C19H20N2O2/c1-19(2,3)15-10-8-13(9-11-15)17-20-21-18(23-17)14-6-5-7-16(12-14)22-4/h5-12H,1-4H3. The van der Waals surface area contributed by atoms with Crippen molar-refractivity contribution in [2.24, 2.45) is 0 Å². The summed E-state index contributed by atoms with van der Waals surface area (Å²) in [6.45, 7) is 6.57. The van der Waals surface area contributed by atoms with E-state index in [9.17, 15) is 0 Å². The molecule has 1 heterocycles. The third-order valence-electron chi connectivity index (χ3n) is 3.74. The minimum Gasteiger partial charge on any atom is -0.497 e. The Morgan fingerprint density at radius 2 is 1.52 bits per heavy atom. The molecule has 0 atom stereocenters. The van der Waals surface area contributed by atoms with Gasteiger partial charge in [-0.2, -0.15) is 0 Å². The molecule has 3 rings (SSSR count). The smallest absolute Gasteiger partial charge is 0.248 e. The van der Waals surface area contributed by atoms with E-state index in [4.69, 9.17) is 9.15 Å². The van der Waals surface area contributed by atoms with Crippen molar-refractivity contribution in [1.82, 2.24) is 10.2 Å². The molecule has 0 radical (unpaired) electrons. The van der Waals surface area contributed by atoms with Gasteiger partial charge in [-0.3, -0.25) is 0 Å². The van der Waals surface area contributed by atoms with Crippen molar-refractivity contribution >= 4 is 0 Å². The summed E-state index contributed by atoms with van der Waals surface area (Å²) in [6, 6.07) is 15.8. The van der Waals surface area contributed by atoms with Gasteiger partial charge in [-0.05, 0) is 41.3 Å². The molecule has 0 unspecified atom stereocenters. The van der Waals surface area contributed by atoms with Gasteiger partial charge in [0.1, 0.15) is 5.75 Å². The molecule has 3 aromatic rings. The number of ether oxygens (including phenoxy) is 1. The Balaban J connectivity index is 1.89. The Labute approximate surface area is 136 Å². The molecule has 2 aromatic carbocycles. The highest BCUT2D eigenvalue weighted by atomic mass is 16.5. The summed E-state index contributed by atoms with van der Waals surface area (Å²) in [4.78, 5) is 0. The van der Waals surface area contributed by atoms with Crippen LogP contribution in [0.3, 0.4) is 0 Å². The highest BCUT2D eigenvalue weighted by molar-refractivity contribution is 5.59. The summed E-state index contributed by atoms with van der Waals surface area (Å²) in [5.74, 6) is 1.76. The topological polar surface area (TPSA) is 48.2 Å². The van der Waals surface area contributed by atoms with Crippen molar-refractivity contribution in [3.63, 3.8) is 0 Å². The fraction of sp³-hybridized carbons (Fsp3) is 0.263. The first kappa shape index (κ1) is 15.3. The quantitative estimate of drug-likeness (QED) is 0.703. The van der Waals surface area contributed by atoms with E-state index < -0.39 is 0 Å². The maximum absolute atomic E-state index is 5.80. The van der Waals surface area contributed by atoms with Gasteiger partial charge in [0.2, 0.25) is 11.8 Å². The van der Waals surface area contributed by atoms with Crippen LogP contribution in [0.5, 0.6) is 5.75 Å². The minimum atomic E-state index is 0.124. The lowest BCUT2D eigenvalue weighted by Crippen LogP contribution is -2.10. The van der Waals surface area contributed by atoms with Gasteiger partial charge >= 0.3 is 0 Å². The summed E-state index contributed by atoms with van der Waals surface area (Å²) in [6.07, 6.45) is 0. The lowest BCUT2D eigenvalue weighted by molar-refractivity contribution is 0.415. The number of aromatic nitrogens is 2. The van der Waals surface area contributed by atoms with Crippen LogP contribution in [0, 0.1) is 0 Å². The predicted molar refractivity (Wildman–Crippen MR) is 90.4 cm³/mol. The normalized spacial score (nSPS) is 11.5. The van der Waals surface area contributed by atoms with Crippen LogP contribution in [0.2, 0.25) is 0 Å². The second-order valence-corrected chi connectivity index (χ2v) is 6.47. The van der Waals surface area contributed by atoms with E-state index in [1.54, 1.807) is 7.11 Å². The van der Waals surface area contributed by atoms with Crippen LogP contribution in [0.4, 0.5) is 0 Å². The van der Waals surface area contributed by atoms with Crippen LogP contribution in [-0.4, -0.2) is 17.3 Å². The first-order chi connectivity index (χ1) is 11.0. The molecule has 118 valence electrons. The predicted octanol–water partition coefficient (Wildman–Crippen LogP) is 4.71. The van der Waals surface area contributed by atoms with E-state index in [1.807, 2.05) is 36.4 Å². The molecular weight excluding hydrogens is 288 g/mol. The lowest BCUT2D eigenvalue weighted by Gasteiger charge is -2.18. The molecule has 0 saturated carbocycles. The molecule has 0 aliphatic carbocycles. The van der Waals surface area contributed by atoms with E-state index in [0.29, 0.717) is 11.8 Å². The summed E-state index contributed by atoms with van der Waals surface area (Å²) in [5.41, 5.74) is 3.15. The van der Waals surface area contributed by atoms with Gasteiger partial charge in [-0.15, -0.1) is 10.2 Å². The first-order valence-electron chi connectivity index (χ1n) is 7.56. The van der Waals surface area contributed by atoms with Gasteiger partial charge in [0, 0.05) is 11.1 Å². The van der Waals surface area contributed by atoms with Crippen LogP contribution in [0.25, 0.3) is 22.9 Å².